The number of rotatable bonds is 4. The van der Waals surface area contributed by atoms with Crippen molar-refractivity contribution >= 4 is 23.2 Å². The summed E-state index contributed by atoms with van der Waals surface area (Å²) in [5.41, 5.74) is 1.78. The topological polar surface area (TPSA) is 43.9 Å². The number of aryl methyl sites for hydroxylation is 1. The van der Waals surface area contributed by atoms with Gasteiger partial charge in [-0.15, -0.1) is 0 Å². The molecule has 0 spiro atoms. The van der Waals surface area contributed by atoms with E-state index in [2.05, 4.69) is 11.0 Å². The highest BCUT2D eigenvalue weighted by atomic mass is 19.1. The van der Waals surface area contributed by atoms with E-state index in [1.165, 1.54) is 18.6 Å². The van der Waals surface area contributed by atoms with Crippen molar-refractivity contribution in [1.29, 1.82) is 0 Å². The van der Waals surface area contributed by atoms with Gasteiger partial charge in [0.05, 0.1) is 0 Å². The number of carbonyl (C=O) groups is 2. The number of piperazine rings is 1. The zero-order valence-corrected chi connectivity index (χ0v) is 16.0. The molecule has 0 radical (unpaired) electrons. The SMILES string of the molecule is CC(=O)N(CC(=O)N1CCN(c2cccc(C)c2)CC1)c1c(F)cccc1F. The first kappa shape index (κ1) is 19.8. The fourth-order valence-corrected chi connectivity index (χ4v) is 3.37. The molecule has 1 aliphatic rings. The first-order chi connectivity index (χ1) is 13.4. The van der Waals surface area contributed by atoms with Crippen LogP contribution in [-0.4, -0.2) is 49.4 Å². The number of carbonyl (C=O) groups excluding carboxylic acids is 2. The van der Waals surface area contributed by atoms with E-state index < -0.39 is 29.8 Å². The van der Waals surface area contributed by atoms with E-state index >= 15 is 0 Å². The summed E-state index contributed by atoms with van der Waals surface area (Å²) in [6.45, 7) is 5.11. The smallest absolute Gasteiger partial charge is 0.242 e. The minimum Gasteiger partial charge on any atom is -0.368 e. The van der Waals surface area contributed by atoms with E-state index in [0.717, 1.165) is 22.7 Å². The van der Waals surface area contributed by atoms with E-state index in [4.69, 9.17) is 0 Å². The molecule has 0 unspecified atom stereocenters. The first-order valence-electron chi connectivity index (χ1n) is 9.18. The second kappa shape index (κ2) is 8.37. The maximum atomic E-state index is 14.1. The minimum atomic E-state index is -0.868. The third-order valence-corrected chi connectivity index (χ3v) is 4.88. The second-order valence-electron chi connectivity index (χ2n) is 6.88. The van der Waals surface area contributed by atoms with Crippen LogP contribution in [0, 0.1) is 18.6 Å². The van der Waals surface area contributed by atoms with Gasteiger partial charge in [-0.2, -0.15) is 0 Å². The molecule has 0 aliphatic carbocycles. The van der Waals surface area contributed by atoms with Crippen molar-refractivity contribution in [2.24, 2.45) is 0 Å². The Kier molecular flexibility index (Phi) is 5.92. The fraction of sp³-hybridized carbons (Fsp3) is 0.333. The molecule has 0 saturated carbocycles. The van der Waals surface area contributed by atoms with Crippen molar-refractivity contribution in [3.05, 3.63) is 59.7 Å². The Labute approximate surface area is 163 Å². The summed E-state index contributed by atoms with van der Waals surface area (Å²) >= 11 is 0. The van der Waals surface area contributed by atoms with Gasteiger partial charge in [-0.1, -0.05) is 18.2 Å². The lowest BCUT2D eigenvalue weighted by molar-refractivity contribution is -0.131. The summed E-state index contributed by atoms with van der Waals surface area (Å²) < 4.78 is 28.1. The molecule has 0 N–H and O–H groups in total. The molecule has 0 atom stereocenters. The fourth-order valence-electron chi connectivity index (χ4n) is 3.37. The number of halogens is 2. The Hall–Kier alpha value is -2.96. The standard InChI is InChI=1S/C21H23F2N3O2/c1-15-5-3-6-17(13-15)24-9-11-25(12-10-24)20(28)14-26(16(2)27)21-18(22)7-4-8-19(21)23/h3-8,13H,9-12,14H2,1-2H3. The summed E-state index contributed by atoms with van der Waals surface area (Å²) in [5.74, 6) is -2.66. The second-order valence-corrected chi connectivity index (χ2v) is 6.88. The molecule has 3 rings (SSSR count). The van der Waals surface area contributed by atoms with Crippen LogP contribution in [0.1, 0.15) is 12.5 Å². The van der Waals surface area contributed by atoms with E-state index in [1.54, 1.807) is 4.90 Å². The molecule has 5 nitrogen and oxygen atoms in total. The Bertz CT molecular complexity index is 859. The number of anilines is 2. The number of nitrogens with zero attached hydrogens (tertiary/aromatic N) is 3. The molecule has 1 heterocycles. The monoisotopic (exact) mass is 387 g/mol. The maximum absolute atomic E-state index is 14.1. The lowest BCUT2D eigenvalue weighted by atomic mass is 10.2. The van der Waals surface area contributed by atoms with Crippen molar-refractivity contribution in [2.75, 3.05) is 42.5 Å². The average Bonchev–Trinajstić information content (AvgIpc) is 2.67. The maximum Gasteiger partial charge on any atom is 0.242 e. The van der Waals surface area contributed by atoms with Crippen molar-refractivity contribution in [3.63, 3.8) is 0 Å². The van der Waals surface area contributed by atoms with Crippen LogP contribution in [0.3, 0.4) is 0 Å². The predicted octanol–water partition coefficient (Wildman–Crippen LogP) is 2.97. The summed E-state index contributed by atoms with van der Waals surface area (Å²) in [4.78, 5) is 29.3. The van der Waals surface area contributed by atoms with Gasteiger partial charge in [0, 0.05) is 38.8 Å². The van der Waals surface area contributed by atoms with Crippen molar-refractivity contribution < 1.29 is 18.4 Å². The van der Waals surface area contributed by atoms with Crippen LogP contribution in [0.15, 0.2) is 42.5 Å². The van der Waals surface area contributed by atoms with Gasteiger partial charge in [-0.3, -0.25) is 14.5 Å². The van der Waals surface area contributed by atoms with Crippen molar-refractivity contribution in [2.45, 2.75) is 13.8 Å². The largest absolute Gasteiger partial charge is 0.368 e. The lowest BCUT2D eigenvalue weighted by Crippen LogP contribution is -2.52. The molecule has 28 heavy (non-hydrogen) atoms. The van der Waals surface area contributed by atoms with Gasteiger partial charge in [-0.25, -0.2) is 8.78 Å². The third-order valence-electron chi connectivity index (χ3n) is 4.88. The van der Waals surface area contributed by atoms with Crippen LogP contribution in [0.2, 0.25) is 0 Å². The Morgan fingerprint density at radius 3 is 2.18 bits per heavy atom. The van der Waals surface area contributed by atoms with Crippen LogP contribution in [0.4, 0.5) is 20.2 Å². The number of amides is 2. The van der Waals surface area contributed by atoms with E-state index in [1.807, 2.05) is 25.1 Å². The summed E-state index contributed by atoms with van der Waals surface area (Å²) in [5, 5.41) is 0. The number of hydrogen-bond acceptors (Lipinski definition) is 3. The molecule has 7 heteroatoms. The minimum absolute atomic E-state index is 0.332. The molecule has 148 valence electrons. The van der Waals surface area contributed by atoms with Crippen molar-refractivity contribution in [3.8, 4) is 0 Å². The molecule has 1 fully saturated rings. The molecule has 2 amide bonds. The normalized spacial score (nSPS) is 14.1. The molecular weight excluding hydrogens is 364 g/mol. The van der Waals surface area contributed by atoms with Crippen LogP contribution in [0.25, 0.3) is 0 Å². The van der Waals surface area contributed by atoms with Gasteiger partial charge in [0.15, 0.2) is 0 Å². The summed E-state index contributed by atoms with van der Waals surface area (Å²) in [6.07, 6.45) is 0. The number of hydrogen-bond donors (Lipinski definition) is 0. The average molecular weight is 387 g/mol. The molecule has 0 bridgehead atoms. The van der Waals surface area contributed by atoms with Crippen LogP contribution < -0.4 is 9.80 Å². The van der Waals surface area contributed by atoms with Gasteiger partial charge in [-0.05, 0) is 36.8 Å². The molecule has 2 aromatic rings. The molecule has 1 aliphatic heterocycles. The zero-order valence-electron chi connectivity index (χ0n) is 16.0. The Balaban J connectivity index is 1.66. The van der Waals surface area contributed by atoms with Gasteiger partial charge < -0.3 is 9.80 Å². The first-order valence-corrected chi connectivity index (χ1v) is 9.18. The van der Waals surface area contributed by atoms with E-state index in [9.17, 15) is 18.4 Å². The van der Waals surface area contributed by atoms with Crippen LogP contribution in [-0.2, 0) is 9.59 Å². The Morgan fingerprint density at radius 2 is 1.61 bits per heavy atom. The van der Waals surface area contributed by atoms with Gasteiger partial charge in [0.1, 0.15) is 23.9 Å². The Morgan fingerprint density at radius 1 is 1.00 bits per heavy atom. The number of benzene rings is 2. The predicted molar refractivity (Wildman–Crippen MR) is 104 cm³/mol. The van der Waals surface area contributed by atoms with E-state index in [-0.39, 0.29) is 5.91 Å². The molecule has 2 aromatic carbocycles. The van der Waals surface area contributed by atoms with Crippen molar-refractivity contribution in [1.82, 2.24) is 4.90 Å². The summed E-state index contributed by atoms with van der Waals surface area (Å²) in [6, 6.07) is 11.5. The lowest BCUT2D eigenvalue weighted by Gasteiger charge is -2.37. The quantitative estimate of drug-likeness (QED) is 0.810. The van der Waals surface area contributed by atoms with Crippen LogP contribution in [0.5, 0.6) is 0 Å². The highest BCUT2D eigenvalue weighted by Crippen LogP contribution is 2.24. The third kappa shape index (κ3) is 4.30. The van der Waals surface area contributed by atoms with E-state index in [0.29, 0.717) is 26.2 Å². The number of para-hydroxylation sites is 1. The van der Waals surface area contributed by atoms with Crippen LogP contribution >= 0.6 is 0 Å². The van der Waals surface area contributed by atoms with Gasteiger partial charge in [0.25, 0.3) is 0 Å². The van der Waals surface area contributed by atoms with Gasteiger partial charge >= 0.3 is 0 Å². The molecular formula is C21H23F2N3O2. The molecule has 0 aromatic heterocycles. The van der Waals surface area contributed by atoms with Gasteiger partial charge in [0.2, 0.25) is 11.8 Å². The molecule has 1 saturated heterocycles. The highest BCUT2D eigenvalue weighted by Gasteiger charge is 2.27. The highest BCUT2D eigenvalue weighted by molar-refractivity contribution is 5.97. The zero-order chi connectivity index (χ0) is 20.3. The summed E-state index contributed by atoms with van der Waals surface area (Å²) in [7, 11) is 0.